The Hall–Kier alpha value is -1.29. The Labute approximate surface area is 126 Å². The summed E-state index contributed by atoms with van der Waals surface area (Å²) in [6.45, 7) is 7.48. The molecule has 116 valence electrons. The third-order valence-electron chi connectivity index (χ3n) is 5.26. The van der Waals surface area contributed by atoms with Gasteiger partial charge in [-0.05, 0) is 39.2 Å². The van der Waals surface area contributed by atoms with E-state index < -0.39 is 0 Å². The van der Waals surface area contributed by atoms with Crippen molar-refractivity contribution in [3.63, 3.8) is 0 Å². The second kappa shape index (κ2) is 5.84. The molecule has 0 unspecified atom stereocenters. The Morgan fingerprint density at radius 1 is 1.52 bits per heavy atom. The molecule has 2 fully saturated rings. The maximum atomic E-state index is 9.99. The van der Waals surface area contributed by atoms with Gasteiger partial charge in [0.1, 0.15) is 0 Å². The van der Waals surface area contributed by atoms with Gasteiger partial charge < -0.3 is 10.4 Å². The van der Waals surface area contributed by atoms with E-state index in [-0.39, 0.29) is 12.0 Å². The molecular weight excluding hydrogens is 264 g/mol. The highest BCUT2D eigenvalue weighted by atomic mass is 16.3. The van der Waals surface area contributed by atoms with Crippen LogP contribution >= 0.6 is 0 Å². The van der Waals surface area contributed by atoms with E-state index in [1.807, 2.05) is 6.21 Å². The van der Waals surface area contributed by atoms with Crippen LogP contribution < -0.4 is 15.3 Å². The fraction of sp³-hybridized carbons (Fsp3) is 0.750. The molecule has 0 aliphatic carbocycles. The van der Waals surface area contributed by atoms with E-state index in [1.54, 1.807) is 0 Å². The molecule has 0 aromatic heterocycles. The summed E-state index contributed by atoms with van der Waals surface area (Å²) in [5.41, 5.74) is 2.46. The van der Waals surface area contributed by atoms with Crippen LogP contribution in [0.15, 0.2) is 11.3 Å². The molecule has 0 bridgehead atoms. The van der Waals surface area contributed by atoms with Crippen molar-refractivity contribution in [1.29, 1.82) is 0 Å². The minimum atomic E-state index is -0.0106. The predicted octanol–water partition coefficient (Wildman–Crippen LogP) is 0.204. The zero-order chi connectivity index (χ0) is 14.9. The van der Waals surface area contributed by atoms with Crippen molar-refractivity contribution >= 4 is 12.2 Å². The highest BCUT2D eigenvalue weighted by Crippen LogP contribution is 2.37. The van der Waals surface area contributed by atoms with Gasteiger partial charge in [0.2, 0.25) is 0 Å². The minimum absolute atomic E-state index is 0.0106. The lowest BCUT2D eigenvalue weighted by atomic mass is 9.71. The molecule has 3 heterocycles. The first-order valence-electron chi connectivity index (χ1n) is 8.15. The predicted molar refractivity (Wildman–Crippen MR) is 86.1 cm³/mol. The molecule has 0 radical (unpaired) electrons. The topological polar surface area (TPSA) is 61.6 Å². The van der Waals surface area contributed by atoms with Crippen LogP contribution in [0, 0.1) is 5.41 Å². The van der Waals surface area contributed by atoms with Crippen LogP contribution in [0.1, 0.15) is 39.5 Å². The van der Waals surface area contributed by atoms with Crippen LogP contribution in [0.2, 0.25) is 0 Å². The van der Waals surface area contributed by atoms with Crippen LogP contribution in [-0.4, -0.2) is 54.5 Å². The van der Waals surface area contributed by atoms with Crippen LogP contribution in [-0.2, 0) is 0 Å². The van der Waals surface area contributed by atoms with Gasteiger partial charge in [0.25, 0.3) is 0 Å². The molecule has 0 saturated carbocycles. The van der Waals surface area contributed by atoms with E-state index >= 15 is 0 Å². The van der Waals surface area contributed by atoms with Crippen molar-refractivity contribution in [2.75, 3.05) is 26.2 Å². The molecule has 3 rings (SSSR count). The van der Waals surface area contributed by atoms with Gasteiger partial charge in [-0.1, -0.05) is 6.92 Å². The average Bonchev–Trinajstić information content (AvgIpc) is 2.54. The summed E-state index contributed by atoms with van der Waals surface area (Å²) >= 11 is 0. The molecule has 0 amide bonds. The van der Waals surface area contributed by atoms with E-state index in [9.17, 15) is 5.11 Å². The normalized spacial score (nSPS) is 32.6. The summed E-state index contributed by atoms with van der Waals surface area (Å²) < 4.78 is 4.58. The van der Waals surface area contributed by atoms with Gasteiger partial charge in [0.15, 0.2) is 6.21 Å². The molecule has 2 saturated heterocycles. The van der Waals surface area contributed by atoms with Crippen molar-refractivity contribution in [2.24, 2.45) is 5.41 Å². The van der Waals surface area contributed by atoms with Crippen LogP contribution in [0.4, 0.5) is 0 Å². The van der Waals surface area contributed by atoms with E-state index in [4.69, 9.17) is 0 Å². The summed E-state index contributed by atoms with van der Waals surface area (Å²) in [5.74, 6) is 0.953. The third-order valence-corrected chi connectivity index (χ3v) is 5.26. The Kier molecular flexibility index (Phi) is 4.07. The quantitative estimate of drug-likeness (QED) is 0.636. The lowest BCUT2D eigenvalue weighted by molar-refractivity contribution is 0.000745. The second-order valence-corrected chi connectivity index (χ2v) is 6.56. The van der Waals surface area contributed by atoms with Crippen molar-refractivity contribution in [1.82, 2.24) is 20.2 Å². The number of hydrogen-bond acceptors (Lipinski definition) is 4. The fourth-order valence-electron chi connectivity index (χ4n) is 3.90. The van der Waals surface area contributed by atoms with Crippen LogP contribution in [0.25, 0.3) is 0 Å². The molecule has 0 spiro atoms. The number of likely N-dealkylation sites (tertiary alicyclic amines) is 1. The summed E-state index contributed by atoms with van der Waals surface area (Å²) in [4.78, 5) is 2.32. The molecular formula is C16H27N4O+. The SMILES string of the molecule is CCC1=C(C)C=[N+]=C(N2CC[C@@H]3NCCC[C@@]3(CO)C2)N1. The number of fused-ring (bicyclic) bond motifs is 1. The smallest absolute Gasteiger partial charge is 0.396 e. The number of guanidine groups is 1. The Morgan fingerprint density at radius 3 is 3.14 bits per heavy atom. The summed E-state index contributed by atoms with van der Waals surface area (Å²) in [6.07, 6.45) is 6.28. The monoisotopic (exact) mass is 291 g/mol. The highest BCUT2D eigenvalue weighted by Gasteiger charge is 2.48. The molecule has 0 aromatic carbocycles. The van der Waals surface area contributed by atoms with Gasteiger partial charge in [-0.15, -0.1) is 0 Å². The Morgan fingerprint density at radius 2 is 2.38 bits per heavy atom. The number of hydrogen-bond donors (Lipinski definition) is 3. The first kappa shape index (κ1) is 14.6. The lowest BCUT2D eigenvalue weighted by Crippen LogP contribution is -2.63. The number of rotatable bonds is 2. The van der Waals surface area contributed by atoms with Gasteiger partial charge >= 0.3 is 5.96 Å². The molecule has 3 aliphatic heterocycles. The van der Waals surface area contributed by atoms with E-state index in [0.29, 0.717) is 6.04 Å². The molecule has 0 aromatic rings. The van der Waals surface area contributed by atoms with E-state index in [0.717, 1.165) is 51.3 Å². The Bertz CT molecular complexity index is 506. The number of piperidine rings is 2. The maximum absolute atomic E-state index is 9.99. The van der Waals surface area contributed by atoms with Gasteiger partial charge in [-0.3, -0.25) is 0 Å². The average molecular weight is 291 g/mol. The van der Waals surface area contributed by atoms with Gasteiger partial charge in [-0.2, -0.15) is 0 Å². The first-order valence-corrected chi connectivity index (χ1v) is 8.15. The maximum Gasteiger partial charge on any atom is 0.445 e. The third kappa shape index (κ3) is 2.61. The number of nitrogens with one attached hydrogen (secondary N) is 2. The minimum Gasteiger partial charge on any atom is -0.396 e. The largest absolute Gasteiger partial charge is 0.445 e. The standard InChI is InChI=1S/C16H26N4O/c1-3-13-12(2)9-18-15(19-13)20-8-5-14-16(10-20,11-21)6-4-7-17-14/h9,14,17,21H,3-8,10-11H2,1-2H3/p+1/t14-,16-/m0/s1. The van der Waals surface area contributed by atoms with Gasteiger partial charge in [0.05, 0.1) is 25.4 Å². The number of aliphatic hydroxyl groups is 1. The van der Waals surface area contributed by atoms with Crippen molar-refractivity contribution in [3.8, 4) is 0 Å². The molecule has 3 aliphatic rings. The fourth-order valence-corrected chi connectivity index (χ4v) is 3.90. The van der Waals surface area contributed by atoms with Crippen molar-refractivity contribution in [3.05, 3.63) is 11.3 Å². The van der Waals surface area contributed by atoms with Crippen LogP contribution in [0.5, 0.6) is 0 Å². The van der Waals surface area contributed by atoms with Gasteiger partial charge in [-0.25, -0.2) is 14.9 Å². The summed E-state index contributed by atoms with van der Waals surface area (Å²) in [7, 11) is 0. The summed E-state index contributed by atoms with van der Waals surface area (Å²) in [6, 6.07) is 0.448. The summed E-state index contributed by atoms with van der Waals surface area (Å²) in [5, 5.41) is 17.1. The van der Waals surface area contributed by atoms with Crippen molar-refractivity contribution in [2.45, 2.75) is 45.6 Å². The Balaban J connectivity index is 1.78. The molecule has 5 nitrogen and oxygen atoms in total. The van der Waals surface area contributed by atoms with E-state index in [1.165, 1.54) is 11.3 Å². The molecule has 3 N–H and O–H groups in total. The number of allylic oxidation sites excluding steroid dienone is 2. The first-order chi connectivity index (χ1) is 10.2. The highest BCUT2D eigenvalue weighted by molar-refractivity contribution is 5.92. The molecule has 5 heteroatoms. The number of aliphatic hydroxyl groups excluding tert-OH is 1. The zero-order valence-electron chi connectivity index (χ0n) is 13.2. The molecule has 2 atom stereocenters. The second-order valence-electron chi connectivity index (χ2n) is 6.56. The van der Waals surface area contributed by atoms with Crippen LogP contribution in [0.3, 0.4) is 0 Å². The zero-order valence-corrected chi connectivity index (χ0v) is 13.2. The molecule has 21 heavy (non-hydrogen) atoms. The van der Waals surface area contributed by atoms with Crippen molar-refractivity contribution < 1.29 is 5.11 Å². The number of nitrogens with zero attached hydrogens (tertiary/aromatic N) is 2. The van der Waals surface area contributed by atoms with Gasteiger partial charge in [0, 0.05) is 17.0 Å². The van der Waals surface area contributed by atoms with E-state index in [2.05, 4.69) is 34.0 Å². The lowest BCUT2D eigenvalue weighted by Gasteiger charge is -2.48.